The lowest BCUT2D eigenvalue weighted by atomic mass is 10.1. The molecule has 1 aromatic carbocycles. The Kier molecular flexibility index (Phi) is 5.89. The zero-order chi connectivity index (χ0) is 20.9. The number of hydrogen-bond donors (Lipinski definition) is 1. The topological polar surface area (TPSA) is 94.4 Å². The highest BCUT2D eigenvalue weighted by Crippen LogP contribution is 2.19. The van der Waals surface area contributed by atoms with Crippen LogP contribution in [0.1, 0.15) is 18.5 Å². The van der Waals surface area contributed by atoms with E-state index in [1.54, 1.807) is 36.6 Å². The van der Waals surface area contributed by atoms with Gasteiger partial charge in [-0.15, -0.1) is 0 Å². The lowest BCUT2D eigenvalue weighted by Crippen LogP contribution is -2.50. The minimum atomic E-state index is -0.578. The molecule has 0 aliphatic carbocycles. The quantitative estimate of drug-likeness (QED) is 0.664. The number of benzene rings is 1. The van der Waals surface area contributed by atoms with Gasteiger partial charge in [0, 0.05) is 25.1 Å². The molecule has 1 fully saturated rings. The molecule has 30 heavy (non-hydrogen) atoms. The molecule has 156 valence electrons. The number of aromatic nitrogens is 4. The van der Waals surface area contributed by atoms with Crippen molar-refractivity contribution in [1.82, 2.24) is 24.8 Å². The third-order valence-corrected chi connectivity index (χ3v) is 5.02. The van der Waals surface area contributed by atoms with Gasteiger partial charge in [0.05, 0.1) is 26.3 Å². The van der Waals surface area contributed by atoms with E-state index in [2.05, 4.69) is 20.3 Å². The lowest BCUT2D eigenvalue weighted by Gasteiger charge is -2.33. The van der Waals surface area contributed by atoms with Gasteiger partial charge in [-0.05, 0) is 30.7 Å². The minimum absolute atomic E-state index is 0.144. The Balaban J connectivity index is 1.41. The number of rotatable bonds is 6. The van der Waals surface area contributed by atoms with E-state index in [1.165, 1.54) is 0 Å². The first-order chi connectivity index (χ1) is 14.6. The van der Waals surface area contributed by atoms with Crippen LogP contribution in [0, 0.1) is 0 Å². The predicted molar refractivity (Wildman–Crippen MR) is 111 cm³/mol. The molecular formula is C21H24N6O3. The normalized spacial score (nSPS) is 17.4. The lowest BCUT2D eigenvalue weighted by molar-refractivity contribution is -0.134. The highest BCUT2D eigenvalue weighted by atomic mass is 16.5. The van der Waals surface area contributed by atoms with Crippen molar-refractivity contribution in [3.8, 4) is 11.7 Å². The highest BCUT2D eigenvalue weighted by molar-refractivity contribution is 5.82. The third kappa shape index (κ3) is 4.41. The number of amides is 1. The van der Waals surface area contributed by atoms with Crippen molar-refractivity contribution < 1.29 is 14.3 Å². The van der Waals surface area contributed by atoms with Crippen molar-refractivity contribution in [2.24, 2.45) is 0 Å². The van der Waals surface area contributed by atoms with Crippen LogP contribution in [0.2, 0.25) is 0 Å². The van der Waals surface area contributed by atoms with Gasteiger partial charge in [0.2, 0.25) is 5.95 Å². The van der Waals surface area contributed by atoms with Crippen LogP contribution in [0.5, 0.6) is 5.75 Å². The minimum Gasteiger partial charge on any atom is -0.497 e. The summed E-state index contributed by atoms with van der Waals surface area (Å²) in [6, 6.07) is 9.33. The van der Waals surface area contributed by atoms with E-state index in [0.29, 0.717) is 25.6 Å². The maximum Gasteiger partial charge on any atom is 0.251 e. The maximum atomic E-state index is 12.8. The second kappa shape index (κ2) is 8.91. The molecule has 0 saturated carbocycles. The average Bonchev–Trinajstić information content (AvgIpc) is 3.34. The first-order valence-electron chi connectivity index (χ1n) is 9.76. The van der Waals surface area contributed by atoms with E-state index >= 15 is 0 Å². The number of ether oxygens (including phenoxy) is 2. The number of anilines is 1. The molecule has 1 aliphatic heterocycles. The van der Waals surface area contributed by atoms with Gasteiger partial charge < -0.3 is 19.7 Å². The van der Waals surface area contributed by atoms with Crippen LogP contribution < -0.4 is 15.0 Å². The van der Waals surface area contributed by atoms with Crippen molar-refractivity contribution in [2.45, 2.75) is 19.1 Å². The van der Waals surface area contributed by atoms with Crippen LogP contribution in [0.15, 0.2) is 55.2 Å². The van der Waals surface area contributed by atoms with Crippen LogP contribution in [-0.4, -0.2) is 58.3 Å². The molecule has 1 saturated heterocycles. The molecule has 2 unspecified atom stereocenters. The SMILES string of the molecule is COc1ccc(C(C)NC(=O)C2CN(c3ccnc(-n4ccnc4)n3)CCO2)cc1. The molecule has 3 aromatic rings. The second-order valence-corrected chi connectivity index (χ2v) is 6.99. The summed E-state index contributed by atoms with van der Waals surface area (Å²) in [6.45, 7) is 3.46. The monoisotopic (exact) mass is 408 g/mol. The summed E-state index contributed by atoms with van der Waals surface area (Å²) in [5.74, 6) is 1.92. The van der Waals surface area contributed by atoms with Crippen molar-refractivity contribution in [3.63, 3.8) is 0 Å². The molecular weight excluding hydrogens is 384 g/mol. The zero-order valence-corrected chi connectivity index (χ0v) is 16.9. The molecule has 9 heteroatoms. The Morgan fingerprint density at radius 3 is 2.83 bits per heavy atom. The first kappa shape index (κ1) is 19.8. The van der Waals surface area contributed by atoms with E-state index < -0.39 is 6.10 Å². The van der Waals surface area contributed by atoms with Crippen molar-refractivity contribution in [3.05, 3.63) is 60.8 Å². The molecule has 9 nitrogen and oxygen atoms in total. The van der Waals surface area contributed by atoms with E-state index in [1.807, 2.05) is 42.2 Å². The largest absolute Gasteiger partial charge is 0.497 e. The molecule has 1 N–H and O–H groups in total. The van der Waals surface area contributed by atoms with Crippen LogP contribution in [0.3, 0.4) is 0 Å². The van der Waals surface area contributed by atoms with Crippen molar-refractivity contribution in [2.75, 3.05) is 31.7 Å². The van der Waals surface area contributed by atoms with E-state index in [4.69, 9.17) is 9.47 Å². The fourth-order valence-corrected chi connectivity index (χ4v) is 3.32. The number of nitrogens with one attached hydrogen (secondary N) is 1. The maximum absolute atomic E-state index is 12.8. The number of morpholine rings is 1. The van der Waals surface area contributed by atoms with Crippen LogP contribution in [0.25, 0.3) is 5.95 Å². The van der Waals surface area contributed by atoms with Gasteiger partial charge in [-0.25, -0.2) is 9.97 Å². The molecule has 0 spiro atoms. The molecule has 1 aliphatic rings. The summed E-state index contributed by atoms with van der Waals surface area (Å²) >= 11 is 0. The van der Waals surface area contributed by atoms with Crippen molar-refractivity contribution >= 4 is 11.7 Å². The van der Waals surface area contributed by atoms with E-state index in [9.17, 15) is 4.79 Å². The van der Waals surface area contributed by atoms with Crippen LogP contribution in [0.4, 0.5) is 5.82 Å². The summed E-state index contributed by atoms with van der Waals surface area (Å²) in [4.78, 5) is 27.7. The number of carbonyl (C=O) groups is 1. The average molecular weight is 408 g/mol. The summed E-state index contributed by atoms with van der Waals surface area (Å²) in [5, 5.41) is 3.03. The number of hydrogen-bond acceptors (Lipinski definition) is 7. The first-order valence-corrected chi connectivity index (χ1v) is 9.76. The fraction of sp³-hybridized carbons (Fsp3) is 0.333. The van der Waals surface area contributed by atoms with Gasteiger partial charge in [0.1, 0.15) is 17.9 Å². The Hall–Kier alpha value is -3.46. The van der Waals surface area contributed by atoms with Gasteiger partial charge in [-0.3, -0.25) is 9.36 Å². The standard InChI is InChI=1S/C21H24N6O3/c1-15(16-3-5-17(29-2)6-4-16)24-20(28)18-13-26(11-12-30-18)19-7-8-23-21(25-19)27-10-9-22-14-27/h3-10,14-15,18H,11-13H2,1-2H3,(H,24,28). The highest BCUT2D eigenvalue weighted by Gasteiger charge is 2.28. The zero-order valence-electron chi connectivity index (χ0n) is 16.9. The summed E-state index contributed by atoms with van der Waals surface area (Å²) in [6.07, 6.45) is 6.24. The summed E-state index contributed by atoms with van der Waals surface area (Å²) in [5.41, 5.74) is 0.998. The molecule has 0 radical (unpaired) electrons. The Morgan fingerprint density at radius 1 is 1.27 bits per heavy atom. The Labute approximate surface area is 174 Å². The van der Waals surface area contributed by atoms with E-state index in [0.717, 1.165) is 17.1 Å². The van der Waals surface area contributed by atoms with Gasteiger partial charge >= 0.3 is 0 Å². The van der Waals surface area contributed by atoms with Gasteiger partial charge in [-0.2, -0.15) is 4.98 Å². The number of carbonyl (C=O) groups excluding carboxylic acids is 1. The van der Waals surface area contributed by atoms with Gasteiger partial charge in [0.15, 0.2) is 6.10 Å². The molecule has 2 atom stereocenters. The fourth-order valence-electron chi connectivity index (χ4n) is 3.32. The third-order valence-electron chi connectivity index (χ3n) is 5.02. The number of nitrogens with zero attached hydrogens (tertiary/aromatic N) is 5. The van der Waals surface area contributed by atoms with Gasteiger partial charge in [0.25, 0.3) is 5.91 Å². The smallest absolute Gasteiger partial charge is 0.251 e. The summed E-state index contributed by atoms with van der Waals surface area (Å²) in [7, 11) is 1.63. The van der Waals surface area contributed by atoms with Crippen LogP contribution >= 0.6 is 0 Å². The van der Waals surface area contributed by atoms with Crippen LogP contribution in [-0.2, 0) is 9.53 Å². The summed E-state index contributed by atoms with van der Waals surface area (Å²) < 4.78 is 12.7. The van der Waals surface area contributed by atoms with Gasteiger partial charge in [-0.1, -0.05) is 12.1 Å². The molecule has 3 heterocycles. The second-order valence-electron chi connectivity index (χ2n) is 6.99. The molecule has 2 aromatic heterocycles. The van der Waals surface area contributed by atoms with E-state index in [-0.39, 0.29) is 11.9 Å². The molecule has 0 bridgehead atoms. The Bertz CT molecular complexity index is 977. The Morgan fingerprint density at radius 2 is 2.10 bits per heavy atom. The molecule has 1 amide bonds. The number of imidazole rings is 1. The van der Waals surface area contributed by atoms with Crippen molar-refractivity contribution in [1.29, 1.82) is 0 Å². The number of methoxy groups -OCH3 is 1. The molecule has 4 rings (SSSR count). The predicted octanol–water partition coefficient (Wildman–Crippen LogP) is 1.75.